The molecule has 1 aromatic heterocycles. The molecule has 1 aliphatic rings. The predicted octanol–water partition coefficient (Wildman–Crippen LogP) is 3.22. The largest absolute Gasteiger partial charge is 0.469 e. The number of amides is 4. The van der Waals surface area contributed by atoms with E-state index in [0.717, 1.165) is 18.5 Å². The van der Waals surface area contributed by atoms with Crippen LogP contribution in [0.5, 0.6) is 0 Å². The molecule has 322 valence electrons. The van der Waals surface area contributed by atoms with Gasteiger partial charge in [0, 0.05) is 17.5 Å². The molecule has 15 nitrogen and oxygen atoms in total. The van der Waals surface area contributed by atoms with Crippen LogP contribution in [-0.2, 0) is 28.7 Å². The van der Waals surface area contributed by atoms with Gasteiger partial charge in [0.15, 0.2) is 0 Å². The first-order chi connectivity index (χ1) is 27.2. The molecule has 3 rings (SSSR count). The van der Waals surface area contributed by atoms with Crippen molar-refractivity contribution in [1.29, 1.82) is 0 Å². The van der Waals surface area contributed by atoms with Crippen molar-refractivity contribution in [2.75, 3.05) is 26.8 Å². The molecule has 1 aliphatic heterocycles. The Morgan fingerprint density at radius 2 is 1.53 bits per heavy atom. The van der Waals surface area contributed by atoms with E-state index in [1.165, 1.54) is 18.4 Å². The zero-order valence-corrected chi connectivity index (χ0v) is 36.8. The minimum Gasteiger partial charge on any atom is -0.469 e. The van der Waals surface area contributed by atoms with Crippen molar-refractivity contribution < 1.29 is 33.8 Å². The first-order valence-corrected chi connectivity index (χ1v) is 20.9. The molecule has 2 aromatic rings. The Bertz CT molecular complexity index is 1690. The second-order valence-corrected chi connectivity index (χ2v) is 18.5. The number of nitrogens with one attached hydrogen (secondary N) is 6. The summed E-state index contributed by atoms with van der Waals surface area (Å²) in [6, 6.07) is 4.33. The molecule has 1 fully saturated rings. The van der Waals surface area contributed by atoms with Gasteiger partial charge in [0.25, 0.3) is 0 Å². The van der Waals surface area contributed by atoms with Gasteiger partial charge in [-0.25, -0.2) is 4.98 Å². The fraction of sp³-hybridized carbons (Fsp3) is 0.643. The summed E-state index contributed by atoms with van der Waals surface area (Å²) in [6.45, 7) is 19.3. The van der Waals surface area contributed by atoms with E-state index in [-0.39, 0.29) is 43.2 Å². The first kappa shape index (κ1) is 48.0. The van der Waals surface area contributed by atoms with Crippen LogP contribution in [0.15, 0.2) is 46.9 Å². The summed E-state index contributed by atoms with van der Waals surface area (Å²) < 4.78 is 4.90. The van der Waals surface area contributed by atoms with Crippen LogP contribution >= 0.6 is 11.3 Å². The minimum atomic E-state index is -1.11. The number of aliphatic hydroxyl groups is 1. The maximum Gasteiger partial charge on any atom is 0.308 e. The van der Waals surface area contributed by atoms with Gasteiger partial charge >= 0.3 is 5.97 Å². The molecule has 16 heteroatoms. The van der Waals surface area contributed by atoms with Gasteiger partial charge in [-0.1, -0.05) is 99.6 Å². The van der Waals surface area contributed by atoms with E-state index in [1.54, 1.807) is 11.6 Å². The number of carbonyl (C=O) groups excluding carboxylic acids is 5. The standard InChI is InChI=1S/C42H66N8O7S/c1-24(2)30(47-37(54)31-25(3)17-18-43-31)36(53)50-33(41(5,6)7)35(44-19-21-51)49-34(42(8,9)10)39(56)48-32(26(4)27-15-13-12-14-16-27)38(55)46-28(23-29(52)57-11)40-45-20-22-58-40/h12-16,20,22,24-26,28,30-34,43,51H,17-19,21,23H2,1-11H3,(H,44,49)(H,46,55)(H,47,54)(H,48,56)(H,50,53)/t25-,26+,28?,30+,31?,32?,33?,34?/m1/s1. The number of amidine groups is 1. The van der Waals surface area contributed by atoms with E-state index in [0.29, 0.717) is 5.01 Å². The van der Waals surface area contributed by atoms with E-state index in [1.807, 2.05) is 99.6 Å². The van der Waals surface area contributed by atoms with E-state index < -0.39 is 76.7 Å². The molecule has 0 spiro atoms. The molecule has 5 unspecified atom stereocenters. The van der Waals surface area contributed by atoms with Crippen molar-refractivity contribution in [3.8, 4) is 0 Å². The van der Waals surface area contributed by atoms with Gasteiger partial charge in [-0.05, 0) is 41.2 Å². The second-order valence-electron chi connectivity index (χ2n) is 17.6. The van der Waals surface area contributed by atoms with Crippen molar-refractivity contribution in [1.82, 2.24) is 36.9 Å². The number of carbonyl (C=O) groups is 5. The average Bonchev–Trinajstić information content (AvgIpc) is 3.86. The van der Waals surface area contributed by atoms with E-state index in [2.05, 4.69) is 41.9 Å². The highest BCUT2D eigenvalue weighted by Crippen LogP contribution is 2.27. The SMILES string of the molecule is COC(=O)CC(NC(=O)C(NC(=O)C(NC(=NCCO)C(NC(=O)[C@@H](NC(=O)C1NCC[C@H]1C)C(C)C)C(C)(C)C)C(C)(C)C)[C@@H](C)c1ccccc1)c1nccs1. The smallest absolute Gasteiger partial charge is 0.308 e. The third-order valence-corrected chi connectivity index (χ3v) is 11.3. The normalized spacial score (nSPS) is 19.2. The number of hydrogen-bond donors (Lipinski definition) is 7. The number of methoxy groups -OCH3 is 1. The molecule has 1 saturated heterocycles. The Kier molecular flexibility index (Phi) is 17.8. The second kappa shape index (κ2) is 21.6. The molecule has 0 saturated carbocycles. The number of aliphatic imine (C=N–C) groups is 1. The van der Waals surface area contributed by atoms with Gasteiger partial charge < -0.3 is 41.7 Å². The number of rotatable bonds is 18. The van der Waals surface area contributed by atoms with Crippen LogP contribution in [0.3, 0.4) is 0 Å². The lowest BCUT2D eigenvalue weighted by molar-refractivity contribution is -0.141. The van der Waals surface area contributed by atoms with E-state index in [4.69, 9.17) is 4.74 Å². The highest BCUT2D eigenvalue weighted by Gasteiger charge is 2.41. The van der Waals surface area contributed by atoms with Crippen LogP contribution < -0.4 is 31.9 Å². The van der Waals surface area contributed by atoms with Crippen LogP contribution in [0, 0.1) is 22.7 Å². The molecular weight excluding hydrogens is 761 g/mol. The molecule has 0 bridgehead atoms. The number of ether oxygens (including phenoxy) is 1. The Morgan fingerprint density at radius 3 is 2.05 bits per heavy atom. The fourth-order valence-electron chi connectivity index (χ4n) is 6.83. The number of benzene rings is 1. The van der Waals surface area contributed by atoms with Gasteiger partial charge in [0.05, 0.1) is 44.8 Å². The average molecular weight is 827 g/mol. The lowest BCUT2D eigenvalue weighted by Crippen LogP contribution is -2.64. The van der Waals surface area contributed by atoms with E-state index in [9.17, 15) is 29.1 Å². The summed E-state index contributed by atoms with van der Waals surface area (Å²) in [5.74, 6) is -2.63. The lowest BCUT2D eigenvalue weighted by Gasteiger charge is -2.39. The van der Waals surface area contributed by atoms with Crippen LogP contribution in [0.1, 0.15) is 105 Å². The molecule has 1 aromatic carbocycles. The van der Waals surface area contributed by atoms with Crippen molar-refractivity contribution in [3.05, 3.63) is 52.5 Å². The maximum atomic E-state index is 14.7. The summed E-state index contributed by atoms with van der Waals surface area (Å²) in [7, 11) is 1.27. The zero-order chi connectivity index (χ0) is 43.4. The number of aliphatic hydroxyl groups excluding tert-OH is 1. The van der Waals surface area contributed by atoms with Gasteiger partial charge in [0.1, 0.15) is 29.0 Å². The molecular formula is C42H66N8O7S. The molecule has 7 N–H and O–H groups in total. The molecule has 0 aliphatic carbocycles. The van der Waals surface area contributed by atoms with Crippen molar-refractivity contribution in [2.45, 2.75) is 124 Å². The third-order valence-electron chi connectivity index (χ3n) is 10.4. The number of nitrogens with zero attached hydrogens (tertiary/aromatic N) is 2. The number of hydrogen-bond acceptors (Lipinski definition) is 11. The number of thiazole rings is 1. The van der Waals surface area contributed by atoms with Crippen LogP contribution in [-0.4, -0.2) is 103 Å². The lowest BCUT2D eigenvalue weighted by atomic mass is 9.82. The molecule has 0 radical (unpaired) electrons. The topological polar surface area (TPSA) is 212 Å². The quantitative estimate of drug-likeness (QED) is 0.0663. The number of aromatic nitrogens is 1. The van der Waals surface area contributed by atoms with Gasteiger partial charge in [0.2, 0.25) is 23.6 Å². The Labute approximate surface area is 347 Å². The highest BCUT2D eigenvalue weighted by atomic mass is 32.1. The summed E-state index contributed by atoms with van der Waals surface area (Å²) >= 11 is 1.28. The van der Waals surface area contributed by atoms with Crippen molar-refractivity contribution in [3.63, 3.8) is 0 Å². The summed E-state index contributed by atoms with van der Waals surface area (Å²) in [5, 5.41) is 30.7. The third kappa shape index (κ3) is 13.6. The Morgan fingerprint density at radius 1 is 0.897 bits per heavy atom. The van der Waals surface area contributed by atoms with Gasteiger partial charge in [-0.3, -0.25) is 29.0 Å². The predicted molar refractivity (Wildman–Crippen MR) is 226 cm³/mol. The number of esters is 1. The summed E-state index contributed by atoms with van der Waals surface area (Å²) in [6.07, 6.45) is 2.28. The van der Waals surface area contributed by atoms with E-state index >= 15 is 0 Å². The maximum absolute atomic E-state index is 14.7. The first-order valence-electron chi connectivity index (χ1n) is 20.1. The van der Waals surface area contributed by atoms with Crippen molar-refractivity contribution >= 4 is 46.8 Å². The molecule has 2 heterocycles. The zero-order valence-electron chi connectivity index (χ0n) is 36.0. The highest BCUT2D eigenvalue weighted by molar-refractivity contribution is 7.09. The van der Waals surface area contributed by atoms with Crippen molar-refractivity contribution in [2.24, 2.45) is 27.7 Å². The summed E-state index contributed by atoms with van der Waals surface area (Å²) in [5.41, 5.74) is -0.647. The van der Waals surface area contributed by atoms with Crippen LogP contribution in [0.4, 0.5) is 0 Å². The molecule has 4 amide bonds. The Hall–Kier alpha value is -4.41. The van der Waals surface area contributed by atoms with Crippen LogP contribution in [0.2, 0.25) is 0 Å². The van der Waals surface area contributed by atoms with Gasteiger partial charge in [-0.2, -0.15) is 0 Å². The van der Waals surface area contributed by atoms with Crippen LogP contribution in [0.25, 0.3) is 0 Å². The Balaban J connectivity index is 1.99. The summed E-state index contributed by atoms with van der Waals surface area (Å²) in [4.78, 5) is 77.8. The fourth-order valence-corrected chi connectivity index (χ4v) is 7.52. The molecule has 58 heavy (non-hydrogen) atoms. The van der Waals surface area contributed by atoms with Gasteiger partial charge in [-0.15, -0.1) is 11.3 Å². The monoisotopic (exact) mass is 826 g/mol. The molecule has 8 atom stereocenters. The minimum absolute atomic E-state index is 0.0206.